The summed E-state index contributed by atoms with van der Waals surface area (Å²) in [6, 6.07) is 6.48. The first-order valence-electron chi connectivity index (χ1n) is 10.9. The number of anilines is 1. The Bertz CT molecular complexity index is 829. The van der Waals surface area contributed by atoms with E-state index in [0.717, 1.165) is 66.9 Å². The maximum atomic E-state index is 7.90. The highest BCUT2D eigenvalue weighted by Crippen LogP contribution is 2.37. The van der Waals surface area contributed by atoms with Crippen molar-refractivity contribution < 1.29 is 0 Å². The second kappa shape index (κ2) is 9.29. The average molecular weight is 418 g/mol. The lowest BCUT2D eigenvalue weighted by Gasteiger charge is -2.27. The highest BCUT2D eigenvalue weighted by molar-refractivity contribution is 6.32. The predicted octanol–water partition coefficient (Wildman–Crippen LogP) is 5.75. The highest BCUT2D eigenvalue weighted by Gasteiger charge is 2.28. The Balaban J connectivity index is 1.98. The van der Waals surface area contributed by atoms with Gasteiger partial charge in [0.15, 0.2) is 5.96 Å². The molecule has 1 atom stereocenters. The lowest BCUT2D eigenvalue weighted by Crippen LogP contribution is -2.35. The second-order valence-corrected chi connectivity index (χ2v) is 9.64. The van der Waals surface area contributed by atoms with Gasteiger partial charge in [0.05, 0.1) is 17.2 Å². The summed E-state index contributed by atoms with van der Waals surface area (Å²) in [5.41, 5.74) is 9.29. The fraction of sp³-hybridized carbons (Fsp3) is 0.609. The number of halogens is 1. The van der Waals surface area contributed by atoms with E-state index in [1.807, 2.05) is 11.0 Å². The lowest BCUT2D eigenvalue weighted by molar-refractivity contribution is 0.388. The Labute approximate surface area is 180 Å². The number of fused-ring (bicyclic) bond motifs is 1. The lowest BCUT2D eigenvalue weighted by atomic mass is 10.1. The number of nitrogens with zero attached hydrogens (tertiary/aromatic N) is 2. The molecule has 0 radical (unpaired) electrons. The Morgan fingerprint density at radius 2 is 1.86 bits per heavy atom. The van der Waals surface area contributed by atoms with Crippen LogP contribution in [0, 0.1) is 17.2 Å². The largest absolute Gasteiger partial charge is 0.370 e. The van der Waals surface area contributed by atoms with E-state index in [9.17, 15) is 0 Å². The van der Waals surface area contributed by atoms with E-state index in [1.54, 1.807) is 0 Å². The van der Waals surface area contributed by atoms with Gasteiger partial charge in [-0.2, -0.15) is 0 Å². The SMILES string of the molecule is CC(C)CCN(CCC(C)C)c1cc(Cl)cc2cc([C@@H]3CCCN3C(=N)N)[nH]c12. The molecule has 0 amide bonds. The van der Waals surface area contributed by atoms with Crippen LogP contribution in [0.4, 0.5) is 5.69 Å². The third kappa shape index (κ3) is 5.19. The Morgan fingerprint density at radius 1 is 1.21 bits per heavy atom. The van der Waals surface area contributed by atoms with Crippen molar-refractivity contribution in [3.05, 3.63) is 28.9 Å². The summed E-state index contributed by atoms with van der Waals surface area (Å²) in [4.78, 5) is 8.16. The number of hydrogen-bond acceptors (Lipinski definition) is 2. The summed E-state index contributed by atoms with van der Waals surface area (Å²) < 4.78 is 0. The Hall–Kier alpha value is -1.88. The minimum Gasteiger partial charge on any atom is -0.370 e. The number of guanidine groups is 1. The Kier molecular flexibility index (Phi) is 6.99. The third-order valence-corrected chi connectivity index (χ3v) is 6.13. The molecule has 0 spiro atoms. The summed E-state index contributed by atoms with van der Waals surface area (Å²) in [7, 11) is 0. The summed E-state index contributed by atoms with van der Waals surface area (Å²) >= 11 is 6.54. The van der Waals surface area contributed by atoms with E-state index in [0.29, 0.717) is 11.8 Å². The highest BCUT2D eigenvalue weighted by atomic mass is 35.5. The number of likely N-dealkylation sites (tertiary alicyclic amines) is 1. The van der Waals surface area contributed by atoms with Gasteiger partial charge in [-0.25, -0.2) is 0 Å². The number of aromatic nitrogens is 1. The second-order valence-electron chi connectivity index (χ2n) is 9.20. The molecule has 0 unspecified atom stereocenters. The topological polar surface area (TPSA) is 72.1 Å². The molecule has 4 N–H and O–H groups in total. The van der Waals surface area contributed by atoms with Gasteiger partial charge in [-0.15, -0.1) is 0 Å². The normalized spacial score (nSPS) is 17.1. The monoisotopic (exact) mass is 417 g/mol. The molecule has 1 fully saturated rings. The molecule has 0 bridgehead atoms. The molecule has 1 aliphatic heterocycles. The molecule has 5 nitrogen and oxygen atoms in total. The van der Waals surface area contributed by atoms with Crippen LogP contribution in [-0.2, 0) is 0 Å². The van der Waals surface area contributed by atoms with E-state index in [1.165, 1.54) is 5.69 Å². The van der Waals surface area contributed by atoms with Crippen LogP contribution in [0.5, 0.6) is 0 Å². The number of rotatable bonds is 8. The summed E-state index contributed by atoms with van der Waals surface area (Å²) in [5, 5.41) is 9.81. The van der Waals surface area contributed by atoms with Crippen LogP contribution < -0.4 is 10.6 Å². The van der Waals surface area contributed by atoms with Crippen molar-refractivity contribution in [3.63, 3.8) is 0 Å². The zero-order valence-electron chi connectivity index (χ0n) is 18.3. The molecule has 1 aliphatic rings. The van der Waals surface area contributed by atoms with Crippen molar-refractivity contribution in [3.8, 4) is 0 Å². The van der Waals surface area contributed by atoms with Gasteiger partial charge in [0.25, 0.3) is 0 Å². The van der Waals surface area contributed by atoms with Gasteiger partial charge in [-0.05, 0) is 55.7 Å². The van der Waals surface area contributed by atoms with Crippen molar-refractivity contribution in [2.75, 3.05) is 24.5 Å². The van der Waals surface area contributed by atoms with Crippen LogP contribution in [0.1, 0.15) is 65.1 Å². The summed E-state index contributed by atoms with van der Waals surface area (Å²) in [6.45, 7) is 12.0. The maximum absolute atomic E-state index is 7.90. The molecule has 1 aromatic heterocycles. The number of H-pyrrole nitrogens is 1. The Morgan fingerprint density at radius 3 is 2.45 bits per heavy atom. The molecule has 2 aromatic rings. The van der Waals surface area contributed by atoms with Gasteiger partial charge in [-0.1, -0.05) is 39.3 Å². The summed E-state index contributed by atoms with van der Waals surface area (Å²) in [5.74, 6) is 1.47. The molecule has 1 saturated heterocycles. The average Bonchev–Trinajstić information content (AvgIpc) is 3.27. The van der Waals surface area contributed by atoms with Crippen molar-refractivity contribution in [1.29, 1.82) is 5.41 Å². The fourth-order valence-electron chi connectivity index (χ4n) is 4.20. The molecule has 0 aliphatic carbocycles. The molecule has 0 saturated carbocycles. The standard InChI is InChI=1S/C23H36ClN5/c1-15(2)7-10-28(11-8-16(3)4)21-14-18(24)12-17-13-19(27-22(17)21)20-6-5-9-29(20)23(25)26/h12-16,20,27H,5-11H2,1-4H3,(H3,25,26)/t20-/m0/s1. The number of nitrogens with two attached hydrogens (primary N) is 1. The minimum atomic E-state index is 0.145. The maximum Gasteiger partial charge on any atom is 0.188 e. The summed E-state index contributed by atoms with van der Waals surface area (Å²) in [6.07, 6.45) is 4.38. The van der Waals surface area contributed by atoms with Crippen LogP contribution in [-0.4, -0.2) is 35.5 Å². The van der Waals surface area contributed by atoms with Crippen molar-refractivity contribution in [1.82, 2.24) is 9.88 Å². The number of nitrogens with one attached hydrogen (secondary N) is 2. The van der Waals surface area contributed by atoms with Gasteiger partial charge in [-0.3, -0.25) is 5.41 Å². The van der Waals surface area contributed by atoms with E-state index >= 15 is 0 Å². The number of hydrogen-bond donors (Lipinski definition) is 3. The molecule has 29 heavy (non-hydrogen) atoms. The predicted molar refractivity (Wildman–Crippen MR) is 125 cm³/mol. The molecule has 1 aromatic carbocycles. The van der Waals surface area contributed by atoms with Gasteiger partial charge in [0, 0.05) is 35.7 Å². The van der Waals surface area contributed by atoms with Crippen molar-refractivity contribution in [2.24, 2.45) is 17.6 Å². The van der Waals surface area contributed by atoms with Crippen LogP contribution >= 0.6 is 11.6 Å². The van der Waals surface area contributed by atoms with Crippen LogP contribution in [0.2, 0.25) is 5.02 Å². The molecule has 160 valence electrons. The van der Waals surface area contributed by atoms with Crippen LogP contribution in [0.15, 0.2) is 18.2 Å². The molecule has 6 heteroatoms. The first-order valence-corrected chi connectivity index (χ1v) is 11.3. The number of benzene rings is 1. The van der Waals surface area contributed by atoms with E-state index in [4.69, 9.17) is 22.7 Å². The van der Waals surface area contributed by atoms with E-state index in [-0.39, 0.29) is 12.0 Å². The van der Waals surface area contributed by atoms with Crippen molar-refractivity contribution >= 4 is 34.2 Å². The van der Waals surface area contributed by atoms with Crippen LogP contribution in [0.25, 0.3) is 10.9 Å². The molecule has 2 heterocycles. The first kappa shape index (κ1) is 21.8. The first-order chi connectivity index (χ1) is 13.8. The molecule has 3 rings (SSSR count). The minimum absolute atomic E-state index is 0.145. The zero-order chi connectivity index (χ0) is 21.1. The van der Waals surface area contributed by atoms with Crippen LogP contribution in [0.3, 0.4) is 0 Å². The van der Waals surface area contributed by atoms with Gasteiger partial charge in [0.2, 0.25) is 0 Å². The zero-order valence-corrected chi connectivity index (χ0v) is 19.0. The molecular weight excluding hydrogens is 382 g/mol. The smallest absolute Gasteiger partial charge is 0.188 e. The van der Waals surface area contributed by atoms with Gasteiger partial charge in [0.1, 0.15) is 0 Å². The third-order valence-electron chi connectivity index (χ3n) is 5.91. The van der Waals surface area contributed by atoms with E-state index in [2.05, 4.69) is 49.7 Å². The quantitative estimate of drug-likeness (QED) is 0.378. The van der Waals surface area contributed by atoms with Gasteiger partial charge < -0.3 is 20.5 Å². The van der Waals surface area contributed by atoms with Gasteiger partial charge >= 0.3 is 0 Å². The fourth-order valence-corrected chi connectivity index (χ4v) is 4.42. The number of aromatic amines is 1. The van der Waals surface area contributed by atoms with Crippen molar-refractivity contribution in [2.45, 2.75) is 59.4 Å². The van der Waals surface area contributed by atoms with E-state index < -0.39 is 0 Å². The molecular formula is C23H36ClN5.